The van der Waals surface area contributed by atoms with Crippen molar-refractivity contribution in [3.63, 3.8) is 0 Å². The van der Waals surface area contributed by atoms with Gasteiger partial charge in [0.2, 0.25) is 0 Å². The maximum absolute atomic E-state index is 11.6. The molecule has 1 nitrogen and oxygen atoms in total. The molecule has 0 spiro atoms. The van der Waals surface area contributed by atoms with Crippen LogP contribution in [0.25, 0.3) is 0 Å². The average molecular weight is 194 g/mol. The predicted octanol–water partition coefficient (Wildman–Crippen LogP) is 3.43. The SMILES string of the molecule is CC1(C)CCC(C)(C)[C@H]2CC(=O)C[C@H]21. The Bertz CT molecular complexity index is 236. The van der Waals surface area contributed by atoms with Crippen LogP contribution in [0, 0.1) is 22.7 Å². The molecule has 0 saturated heterocycles. The molecule has 0 radical (unpaired) electrons. The molecule has 2 fully saturated rings. The third-order valence-corrected chi connectivity index (χ3v) is 4.80. The molecule has 0 aromatic carbocycles. The van der Waals surface area contributed by atoms with Gasteiger partial charge in [0.05, 0.1) is 0 Å². The van der Waals surface area contributed by atoms with Crippen LogP contribution in [0.2, 0.25) is 0 Å². The van der Waals surface area contributed by atoms with Gasteiger partial charge in [-0.2, -0.15) is 0 Å². The lowest BCUT2D eigenvalue weighted by Gasteiger charge is -2.49. The number of carbonyl (C=O) groups excluding carboxylic acids is 1. The van der Waals surface area contributed by atoms with Gasteiger partial charge in [-0.25, -0.2) is 0 Å². The fourth-order valence-electron chi connectivity index (χ4n) is 3.52. The minimum Gasteiger partial charge on any atom is -0.300 e. The van der Waals surface area contributed by atoms with Crippen molar-refractivity contribution in [3.05, 3.63) is 0 Å². The summed E-state index contributed by atoms with van der Waals surface area (Å²) >= 11 is 0. The molecule has 0 aromatic rings. The van der Waals surface area contributed by atoms with Crippen molar-refractivity contribution in [2.45, 2.75) is 53.4 Å². The highest BCUT2D eigenvalue weighted by atomic mass is 16.1. The summed E-state index contributed by atoms with van der Waals surface area (Å²) in [6.45, 7) is 9.38. The van der Waals surface area contributed by atoms with Crippen molar-refractivity contribution >= 4 is 5.78 Å². The van der Waals surface area contributed by atoms with Gasteiger partial charge in [0.1, 0.15) is 5.78 Å². The Hall–Kier alpha value is -0.330. The molecule has 2 saturated carbocycles. The van der Waals surface area contributed by atoms with E-state index in [0.29, 0.717) is 28.4 Å². The zero-order valence-electron chi connectivity index (χ0n) is 9.89. The minimum atomic E-state index is 0.395. The van der Waals surface area contributed by atoms with Gasteiger partial charge in [0, 0.05) is 12.8 Å². The van der Waals surface area contributed by atoms with E-state index in [1.807, 2.05) is 0 Å². The summed E-state index contributed by atoms with van der Waals surface area (Å²) in [6, 6.07) is 0. The summed E-state index contributed by atoms with van der Waals surface area (Å²) < 4.78 is 0. The third-order valence-electron chi connectivity index (χ3n) is 4.80. The van der Waals surface area contributed by atoms with Gasteiger partial charge >= 0.3 is 0 Å². The van der Waals surface area contributed by atoms with Crippen molar-refractivity contribution in [1.29, 1.82) is 0 Å². The second kappa shape index (κ2) is 2.84. The van der Waals surface area contributed by atoms with Crippen molar-refractivity contribution in [1.82, 2.24) is 0 Å². The number of carbonyl (C=O) groups is 1. The first-order chi connectivity index (χ1) is 6.33. The van der Waals surface area contributed by atoms with Crippen LogP contribution in [0.1, 0.15) is 53.4 Å². The molecule has 80 valence electrons. The molecule has 0 N–H and O–H groups in total. The highest BCUT2D eigenvalue weighted by molar-refractivity contribution is 5.81. The van der Waals surface area contributed by atoms with Gasteiger partial charge in [0.25, 0.3) is 0 Å². The largest absolute Gasteiger partial charge is 0.300 e. The van der Waals surface area contributed by atoms with Crippen LogP contribution in [0.4, 0.5) is 0 Å². The van der Waals surface area contributed by atoms with Crippen molar-refractivity contribution < 1.29 is 4.79 Å². The van der Waals surface area contributed by atoms with Gasteiger partial charge < -0.3 is 0 Å². The van der Waals surface area contributed by atoms with Gasteiger partial charge in [-0.15, -0.1) is 0 Å². The van der Waals surface area contributed by atoms with Gasteiger partial charge in [0.15, 0.2) is 0 Å². The van der Waals surface area contributed by atoms with E-state index in [2.05, 4.69) is 27.7 Å². The first-order valence-corrected chi connectivity index (χ1v) is 5.85. The first kappa shape index (κ1) is 10.2. The Morgan fingerprint density at radius 2 is 1.29 bits per heavy atom. The fraction of sp³-hybridized carbons (Fsp3) is 0.923. The topological polar surface area (TPSA) is 17.1 Å². The highest BCUT2D eigenvalue weighted by Gasteiger charge is 2.51. The van der Waals surface area contributed by atoms with Crippen LogP contribution in [-0.4, -0.2) is 5.78 Å². The van der Waals surface area contributed by atoms with Gasteiger partial charge in [-0.3, -0.25) is 4.79 Å². The summed E-state index contributed by atoms with van der Waals surface area (Å²) in [5.74, 6) is 1.81. The van der Waals surface area contributed by atoms with Crippen LogP contribution in [0.5, 0.6) is 0 Å². The molecular weight excluding hydrogens is 172 g/mol. The van der Waals surface area contributed by atoms with Crippen LogP contribution in [0.3, 0.4) is 0 Å². The second-order valence-electron chi connectivity index (χ2n) is 6.64. The molecule has 0 amide bonds. The maximum atomic E-state index is 11.6. The molecule has 1 heteroatoms. The monoisotopic (exact) mass is 194 g/mol. The summed E-state index contributed by atoms with van der Waals surface area (Å²) in [4.78, 5) is 11.6. The minimum absolute atomic E-state index is 0.395. The zero-order chi connectivity index (χ0) is 10.6. The Morgan fingerprint density at radius 3 is 1.64 bits per heavy atom. The van der Waals surface area contributed by atoms with Crippen molar-refractivity contribution in [3.8, 4) is 0 Å². The molecule has 2 aliphatic carbocycles. The molecule has 14 heavy (non-hydrogen) atoms. The van der Waals surface area contributed by atoms with Gasteiger partial charge in [-0.1, -0.05) is 27.7 Å². The Morgan fingerprint density at radius 1 is 0.929 bits per heavy atom. The molecule has 2 rings (SSSR count). The summed E-state index contributed by atoms with van der Waals surface area (Å²) in [5, 5.41) is 0. The number of hydrogen-bond acceptors (Lipinski definition) is 1. The number of ketones is 1. The molecule has 0 aliphatic heterocycles. The summed E-state index contributed by atoms with van der Waals surface area (Å²) in [6.07, 6.45) is 4.27. The number of fused-ring (bicyclic) bond motifs is 1. The molecular formula is C13H22O. The van der Waals surface area contributed by atoms with E-state index in [1.54, 1.807) is 0 Å². The van der Waals surface area contributed by atoms with E-state index in [4.69, 9.17) is 0 Å². The molecule has 0 heterocycles. The van der Waals surface area contributed by atoms with E-state index < -0.39 is 0 Å². The zero-order valence-corrected chi connectivity index (χ0v) is 9.89. The predicted molar refractivity (Wildman–Crippen MR) is 58.0 cm³/mol. The van der Waals surface area contributed by atoms with Crippen molar-refractivity contribution in [2.75, 3.05) is 0 Å². The second-order valence-corrected chi connectivity index (χ2v) is 6.64. The number of Topliss-reactive ketones (excluding diaryl/α,β-unsaturated/α-hetero) is 1. The summed E-state index contributed by atoms with van der Waals surface area (Å²) in [5.41, 5.74) is 0.790. The molecule has 2 aliphatic rings. The number of hydrogen-bond donors (Lipinski definition) is 0. The van der Waals surface area contributed by atoms with Crippen molar-refractivity contribution in [2.24, 2.45) is 22.7 Å². The van der Waals surface area contributed by atoms with Gasteiger partial charge in [-0.05, 0) is 35.5 Å². The molecule has 0 unspecified atom stereocenters. The smallest absolute Gasteiger partial charge is 0.133 e. The highest BCUT2D eigenvalue weighted by Crippen LogP contribution is 2.57. The van der Waals surface area contributed by atoms with Crippen LogP contribution >= 0.6 is 0 Å². The van der Waals surface area contributed by atoms with Crippen LogP contribution in [-0.2, 0) is 4.79 Å². The third kappa shape index (κ3) is 1.41. The normalized spacial score (nSPS) is 39.6. The van der Waals surface area contributed by atoms with Crippen LogP contribution in [0.15, 0.2) is 0 Å². The molecule has 0 aromatic heterocycles. The maximum Gasteiger partial charge on any atom is 0.133 e. The Labute approximate surface area is 87.3 Å². The van der Waals surface area contributed by atoms with E-state index >= 15 is 0 Å². The average Bonchev–Trinajstić information content (AvgIpc) is 2.44. The Balaban J connectivity index is 2.30. The molecule has 0 bridgehead atoms. The quantitative estimate of drug-likeness (QED) is 0.577. The standard InChI is InChI=1S/C13H22O/c1-12(2)5-6-13(3,4)11-8-9(14)7-10(11)12/h10-11H,5-8H2,1-4H3/t10-,11+. The van der Waals surface area contributed by atoms with Crippen LogP contribution < -0.4 is 0 Å². The van der Waals surface area contributed by atoms with E-state index in [0.717, 1.165) is 12.8 Å². The first-order valence-electron chi connectivity index (χ1n) is 5.85. The lowest BCUT2D eigenvalue weighted by molar-refractivity contribution is -0.118. The molecule has 2 atom stereocenters. The lowest BCUT2D eigenvalue weighted by atomic mass is 9.56. The Kier molecular flexibility index (Phi) is 2.06. The summed E-state index contributed by atoms with van der Waals surface area (Å²) in [7, 11) is 0. The van der Waals surface area contributed by atoms with E-state index in [9.17, 15) is 4.79 Å². The van der Waals surface area contributed by atoms with E-state index in [1.165, 1.54) is 12.8 Å². The fourth-order valence-corrected chi connectivity index (χ4v) is 3.52. The lowest BCUT2D eigenvalue weighted by Crippen LogP contribution is -2.41. The van der Waals surface area contributed by atoms with E-state index in [-0.39, 0.29) is 0 Å². The number of rotatable bonds is 0.